The maximum atomic E-state index is 10.4. The van der Waals surface area contributed by atoms with Gasteiger partial charge >= 0.3 is 0 Å². The molecular weight excluding hydrogens is 324 g/mol. The fourth-order valence-electron chi connectivity index (χ4n) is 3.50. The van der Waals surface area contributed by atoms with Gasteiger partial charge in [-0.15, -0.1) is 0 Å². The molecule has 3 aromatic carbocycles. The molecule has 0 radical (unpaired) electrons. The van der Waals surface area contributed by atoms with Gasteiger partial charge in [0, 0.05) is 0 Å². The maximum Gasteiger partial charge on any atom is 0.282 e. The molecule has 3 aromatic rings. The highest BCUT2D eigenvalue weighted by Gasteiger charge is 2.48. The number of benzene rings is 3. The fraction of sp³-hybridized carbons (Fsp3) is 0.217. The molecule has 0 amide bonds. The lowest BCUT2D eigenvalue weighted by molar-refractivity contribution is -0.375. The molecule has 0 aliphatic rings. The van der Waals surface area contributed by atoms with E-state index in [2.05, 4.69) is 0 Å². The maximum absolute atomic E-state index is 10.4. The zero-order valence-corrected chi connectivity index (χ0v) is 14.6. The van der Waals surface area contributed by atoms with Crippen LogP contribution in [0.2, 0.25) is 0 Å². The van der Waals surface area contributed by atoms with E-state index in [1.165, 1.54) is 0 Å². The summed E-state index contributed by atoms with van der Waals surface area (Å²) in [5.74, 6) is -2.82. The fourth-order valence-corrected chi connectivity index (χ4v) is 3.50. The first kappa shape index (κ1) is 18.3. The molecule has 3 N–H and O–H groups in total. The average molecular weight is 348 g/mol. The summed E-state index contributed by atoms with van der Waals surface area (Å²) in [5, 5.41) is 31.3. The highest BCUT2D eigenvalue weighted by atomic mass is 16.7. The molecule has 0 fully saturated rings. The zero-order chi connectivity index (χ0) is 18.5. The van der Waals surface area contributed by atoms with E-state index < -0.39 is 11.4 Å². The van der Waals surface area contributed by atoms with Crippen molar-refractivity contribution in [2.24, 2.45) is 5.41 Å². The van der Waals surface area contributed by atoms with E-state index in [0.29, 0.717) is 19.3 Å². The van der Waals surface area contributed by atoms with Crippen LogP contribution in [-0.4, -0.2) is 21.3 Å². The topological polar surface area (TPSA) is 60.7 Å². The molecule has 26 heavy (non-hydrogen) atoms. The predicted octanol–water partition coefficient (Wildman–Crippen LogP) is 3.33. The zero-order valence-electron chi connectivity index (χ0n) is 14.6. The second kappa shape index (κ2) is 7.83. The number of hydrogen-bond acceptors (Lipinski definition) is 3. The summed E-state index contributed by atoms with van der Waals surface area (Å²) >= 11 is 0. The van der Waals surface area contributed by atoms with Crippen LogP contribution in [0.4, 0.5) is 0 Å². The molecule has 0 atom stereocenters. The molecule has 3 nitrogen and oxygen atoms in total. The monoisotopic (exact) mass is 348 g/mol. The first-order valence-electron chi connectivity index (χ1n) is 8.77. The van der Waals surface area contributed by atoms with Crippen molar-refractivity contribution in [2.45, 2.75) is 25.2 Å². The van der Waals surface area contributed by atoms with Gasteiger partial charge in [0.05, 0.1) is 5.41 Å². The van der Waals surface area contributed by atoms with E-state index in [1.54, 1.807) is 0 Å². The summed E-state index contributed by atoms with van der Waals surface area (Å²) in [6.45, 7) is 0. The van der Waals surface area contributed by atoms with Gasteiger partial charge in [-0.1, -0.05) is 91.0 Å². The molecule has 134 valence electrons. The molecule has 0 heterocycles. The molecule has 0 spiro atoms. The summed E-state index contributed by atoms with van der Waals surface area (Å²) in [7, 11) is 0. The van der Waals surface area contributed by atoms with Crippen LogP contribution in [0.3, 0.4) is 0 Å². The molecule has 0 saturated carbocycles. The molecule has 3 rings (SSSR count). The first-order chi connectivity index (χ1) is 12.5. The Morgan fingerprint density at radius 1 is 0.462 bits per heavy atom. The van der Waals surface area contributed by atoms with Gasteiger partial charge in [-0.25, -0.2) is 0 Å². The molecule has 3 heteroatoms. The van der Waals surface area contributed by atoms with Crippen molar-refractivity contribution in [3.05, 3.63) is 108 Å². The highest BCUT2D eigenvalue weighted by molar-refractivity contribution is 5.25. The Hall–Kier alpha value is -2.46. The Bertz CT molecular complexity index is 692. The Kier molecular flexibility index (Phi) is 5.52. The van der Waals surface area contributed by atoms with Crippen molar-refractivity contribution in [3.8, 4) is 0 Å². The van der Waals surface area contributed by atoms with Crippen LogP contribution in [0.15, 0.2) is 91.0 Å². The van der Waals surface area contributed by atoms with Crippen molar-refractivity contribution in [3.63, 3.8) is 0 Å². The van der Waals surface area contributed by atoms with Crippen molar-refractivity contribution >= 4 is 0 Å². The van der Waals surface area contributed by atoms with Gasteiger partial charge in [0.2, 0.25) is 0 Å². The second-order valence-corrected chi connectivity index (χ2v) is 6.90. The van der Waals surface area contributed by atoms with Crippen molar-refractivity contribution < 1.29 is 15.3 Å². The van der Waals surface area contributed by atoms with Crippen LogP contribution in [0.5, 0.6) is 0 Å². The first-order valence-corrected chi connectivity index (χ1v) is 8.77. The van der Waals surface area contributed by atoms with E-state index >= 15 is 0 Å². The number of rotatable bonds is 7. The van der Waals surface area contributed by atoms with Crippen LogP contribution in [-0.2, 0) is 19.3 Å². The molecule has 0 bridgehead atoms. The molecule has 0 aliphatic carbocycles. The van der Waals surface area contributed by atoms with Crippen LogP contribution >= 0.6 is 0 Å². The lowest BCUT2D eigenvalue weighted by Gasteiger charge is -2.41. The van der Waals surface area contributed by atoms with Crippen LogP contribution in [0.1, 0.15) is 16.7 Å². The molecule has 0 unspecified atom stereocenters. The van der Waals surface area contributed by atoms with Crippen LogP contribution < -0.4 is 0 Å². The van der Waals surface area contributed by atoms with Gasteiger partial charge in [0.1, 0.15) is 0 Å². The Balaban J connectivity index is 2.04. The lowest BCUT2D eigenvalue weighted by Crippen LogP contribution is -2.52. The van der Waals surface area contributed by atoms with Crippen LogP contribution in [0, 0.1) is 5.41 Å². The minimum absolute atomic E-state index is 0.334. The van der Waals surface area contributed by atoms with Crippen molar-refractivity contribution in [1.29, 1.82) is 0 Å². The molecule has 0 aromatic heterocycles. The largest absolute Gasteiger partial charge is 0.343 e. The Morgan fingerprint density at radius 3 is 0.962 bits per heavy atom. The molecular formula is C23H24O3. The summed E-state index contributed by atoms with van der Waals surface area (Å²) in [6, 6.07) is 28.9. The van der Waals surface area contributed by atoms with Crippen molar-refractivity contribution in [2.75, 3.05) is 0 Å². The molecule has 0 saturated heterocycles. The third kappa shape index (κ3) is 4.38. The van der Waals surface area contributed by atoms with E-state index in [0.717, 1.165) is 16.7 Å². The highest BCUT2D eigenvalue weighted by Crippen LogP contribution is 2.39. The smallest absolute Gasteiger partial charge is 0.282 e. The summed E-state index contributed by atoms with van der Waals surface area (Å²) in [5.41, 5.74) is 1.65. The van der Waals surface area contributed by atoms with Crippen molar-refractivity contribution in [1.82, 2.24) is 0 Å². The summed E-state index contributed by atoms with van der Waals surface area (Å²) in [4.78, 5) is 0. The average Bonchev–Trinajstić information content (AvgIpc) is 2.63. The van der Waals surface area contributed by atoms with Gasteiger partial charge in [0.15, 0.2) is 0 Å². The standard InChI is InChI=1S/C23H24O3/c24-23(25,26)22(16-19-10-4-1-5-11-19,17-20-12-6-2-7-13-20)18-21-14-8-3-9-15-21/h1-15,24-26H,16-18H2. The van der Waals surface area contributed by atoms with E-state index in [1.807, 2.05) is 91.0 Å². The van der Waals surface area contributed by atoms with Gasteiger partial charge < -0.3 is 15.3 Å². The SMILES string of the molecule is OC(O)(O)C(Cc1ccccc1)(Cc1ccccc1)Cc1ccccc1. The number of hydrogen-bond donors (Lipinski definition) is 3. The Labute approximate surface area is 154 Å². The van der Waals surface area contributed by atoms with Gasteiger partial charge in [-0.2, -0.15) is 0 Å². The third-order valence-corrected chi connectivity index (χ3v) is 4.87. The number of aliphatic hydroxyl groups is 3. The predicted molar refractivity (Wildman–Crippen MR) is 102 cm³/mol. The normalized spacial score (nSPS) is 12.1. The summed E-state index contributed by atoms with van der Waals surface area (Å²) < 4.78 is 0. The van der Waals surface area contributed by atoms with Gasteiger partial charge in [-0.05, 0) is 36.0 Å². The van der Waals surface area contributed by atoms with E-state index in [4.69, 9.17) is 0 Å². The molecule has 0 aliphatic heterocycles. The quantitative estimate of drug-likeness (QED) is 0.574. The summed E-state index contributed by atoms with van der Waals surface area (Å²) in [6.07, 6.45) is 1.00. The van der Waals surface area contributed by atoms with Gasteiger partial charge in [-0.3, -0.25) is 0 Å². The minimum Gasteiger partial charge on any atom is -0.343 e. The second-order valence-electron chi connectivity index (χ2n) is 6.90. The Morgan fingerprint density at radius 2 is 0.731 bits per heavy atom. The van der Waals surface area contributed by atoms with Gasteiger partial charge in [0.25, 0.3) is 5.97 Å². The van der Waals surface area contributed by atoms with E-state index in [9.17, 15) is 15.3 Å². The van der Waals surface area contributed by atoms with Crippen LogP contribution in [0.25, 0.3) is 0 Å². The lowest BCUT2D eigenvalue weighted by atomic mass is 9.70. The minimum atomic E-state index is -2.82. The third-order valence-electron chi connectivity index (χ3n) is 4.87. The van der Waals surface area contributed by atoms with E-state index in [-0.39, 0.29) is 0 Å².